The lowest BCUT2D eigenvalue weighted by molar-refractivity contribution is -0.137. The fourth-order valence-electron chi connectivity index (χ4n) is 3.39. The van der Waals surface area contributed by atoms with Gasteiger partial charge in [0, 0.05) is 45.0 Å². The highest BCUT2D eigenvalue weighted by Crippen LogP contribution is 2.36. The topological polar surface area (TPSA) is 61.6 Å². The first kappa shape index (κ1) is 20.0. The van der Waals surface area contributed by atoms with Gasteiger partial charge in [-0.3, -0.25) is 9.69 Å². The maximum atomic E-state index is 13.3. The predicted octanol–water partition coefficient (Wildman–Crippen LogP) is 3.04. The van der Waals surface area contributed by atoms with Crippen molar-refractivity contribution < 1.29 is 18.0 Å². The Morgan fingerprint density at radius 3 is 2.29 bits per heavy atom. The minimum absolute atomic E-state index is 0.149. The lowest BCUT2D eigenvalue weighted by atomic mass is 10.1. The van der Waals surface area contributed by atoms with Crippen LogP contribution in [0.3, 0.4) is 0 Å². The van der Waals surface area contributed by atoms with Crippen molar-refractivity contribution in [3.8, 4) is 0 Å². The van der Waals surface area contributed by atoms with E-state index in [1.807, 2.05) is 18.2 Å². The number of nitrogens with two attached hydrogens (primary N) is 1. The molecule has 1 aliphatic heterocycles. The van der Waals surface area contributed by atoms with Crippen LogP contribution in [0, 0.1) is 0 Å². The van der Waals surface area contributed by atoms with E-state index in [1.54, 1.807) is 0 Å². The second-order valence-corrected chi connectivity index (χ2v) is 6.68. The van der Waals surface area contributed by atoms with Crippen molar-refractivity contribution in [2.24, 2.45) is 5.73 Å². The standard InChI is InChI=1S/C20H23F3N4O/c21-20(22,23)17-8-4-7-16(19(24)28)18(17)25-9-10-26-11-13-27(14-12-26)15-5-2-1-3-6-15/h1-8,25H,9-14H2,(H2,24,28). The molecule has 0 saturated carbocycles. The fourth-order valence-corrected chi connectivity index (χ4v) is 3.39. The van der Waals surface area contributed by atoms with E-state index in [1.165, 1.54) is 17.8 Å². The number of nitrogens with one attached hydrogen (secondary N) is 1. The normalized spacial score (nSPS) is 15.5. The van der Waals surface area contributed by atoms with Crippen LogP contribution < -0.4 is 16.0 Å². The summed E-state index contributed by atoms with van der Waals surface area (Å²) >= 11 is 0. The summed E-state index contributed by atoms with van der Waals surface area (Å²) in [6.07, 6.45) is -4.56. The minimum Gasteiger partial charge on any atom is -0.383 e. The number of nitrogens with zero attached hydrogens (tertiary/aromatic N) is 2. The summed E-state index contributed by atoms with van der Waals surface area (Å²) in [7, 11) is 0. The van der Waals surface area contributed by atoms with Gasteiger partial charge in [-0.1, -0.05) is 24.3 Å². The molecule has 0 aliphatic carbocycles. The summed E-state index contributed by atoms with van der Waals surface area (Å²) < 4.78 is 39.8. The zero-order chi connectivity index (χ0) is 20.1. The van der Waals surface area contributed by atoms with Crippen molar-refractivity contribution in [3.63, 3.8) is 0 Å². The van der Waals surface area contributed by atoms with Gasteiger partial charge in [0.2, 0.25) is 0 Å². The van der Waals surface area contributed by atoms with Crippen LogP contribution in [0.5, 0.6) is 0 Å². The molecule has 0 radical (unpaired) electrons. The number of alkyl halides is 3. The number of hydrogen-bond acceptors (Lipinski definition) is 4. The third-order valence-corrected chi connectivity index (χ3v) is 4.86. The molecule has 1 fully saturated rings. The van der Waals surface area contributed by atoms with Gasteiger partial charge in [-0.05, 0) is 24.3 Å². The molecule has 3 N–H and O–H groups in total. The molecular weight excluding hydrogens is 369 g/mol. The molecule has 3 rings (SSSR count). The van der Waals surface area contributed by atoms with Gasteiger partial charge in [0.15, 0.2) is 0 Å². The maximum absolute atomic E-state index is 13.3. The van der Waals surface area contributed by atoms with E-state index in [4.69, 9.17) is 5.73 Å². The van der Waals surface area contributed by atoms with Crippen molar-refractivity contribution >= 4 is 17.3 Å². The van der Waals surface area contributed by atoms with Crippen LogP contribution in [-0.2, 0) is 6.18 Å². The largest absolute Gasteiger partial charge is 0.418 e. The Hall–Kier alpha value is -2.74. The Kier molecular flexibility index (Phi) is 6.08. The first-order chi connectivity index (χ1) is 13.4. The van der Waals surface area contributed by atoms with Crippen molar-refractivity contribution in [1.82, 2.24) is 4.90 Å². The Balaban J connectivity index is 1.58. The van der Waals surface area contributed by atoms with Gasteiger partial charge in [0.05, 0.1) is 16.8 Å². The molecule has 8 heteroatoms. The number of anilines is 2. The number of benzene rings is 2. The van der Waals surface area contributed by atoms with E-state index in [9.17, 15) is 18.0 Å². The number of piperazine rings is 1. The number of amides is 1. The van der Waals surface area contributed by atoms with Gasteiger partial charge in [-0.15, -0.1) is 0 Å². The summed E-state index contributed by atoms with van der Waals surface area (Å²) in [6.45, 7) is 4.22. The van der Waals surface area contributed by atoms with Gasteiger partial charge < -0.3 is 16.0 Å². The fraction of sp³-hybridized carbons (Fsp3) is 0.350. The van der Waals surface area contributed by atoms with Crippen molar-refractivity contribution in [1.29, 1.82) is 0 Å². The quantitative estimate of drug-likeness (QED) is 0.793. The highest BCUT2D eigenvalue weighted by Gasteiger charge is 2.35. The van der Waals surface area contributed by atoms with E-state index in [0.717, 1.165) is 32.2 Å². The monoisotopic (exact) mass is 392 g/mol. The molecular formula is C20H23F3N4O. The van der Waals surface area contributed by atoms with Gasteiger partial charge in [-0.2, -0.15) is 13.2 Å². The zero-order valence-corrected chi connectivity index (χ0v) is 15.4. The molecule has 0 bridgehead atoms. The lowest BCUT2D eigenvalue weighted by Crippen LogP contribution is -2.47. The van der Waals surface area contributed by atoms with E-state index >= 15 is 0 Å². The Morgan fingerprint density at radius 1 is 1.00 bits per heavy atom. The van der Waals surface area contributed by atoms with E-state index in [0.29, 0.717) is 13.1 Å². The van der Waals surface area contributed by atoms with Gasteiger partial charge >= 0.3 is 6.18 Å². The highest BCUT2D eigenvalue weighted by molar-refractivity contribution is 5.99. The molecule has 0 unspecified atom stereocenters. The first-order valence-electron chi connectivity index (χ1n) is 9.12. The molecule has 1 saturated heterocycles. The zero-order valence-electron chi connectivity index (χ0n) is 15.4. The number of halogens is 3. The van der Waals surface area contributed by atoms with Crippen LogP contribution in [0.2, 0.25) is 0 Å². The van der Waals surface area contributed by atoms with Crippen molar-refractivity contribution in [2.75, 3.05) is 49.5 Å². The van der Waals surface area contributed by atoms with Crippen LogP contribution >= 0.6 is 0 Å². The molecule has 0 atom stereocenters. The Bertz CT molecular complexity index is 803. The SMILES string of the molecule is NC(=O)c1cccc(C(F)(F)F)c1NCCN1CCN(c2ccccc2)CC1. The average molecular weight is 392 g/mol. The van der Waals surface area contributed by atoms with E-state index in [2.05, 4.69) is 27.2 Å². The molecule has 0 spiro atoms. The molecule has 5 nitrogen and oxygen atoms in total. The van der Waals surface area contributed by atoms with Crippen LogP contribution in [0.25, 0.3) is 0 Å². The molecule has 2 aromatic rings. The highest BCUT2D eigenvalue weighted by atomic mass is 19.4. The molecule has 2 aromatic carbocycles. The van der Waals surface area contributed by atoms with E-state index < -0.39 is 17.6 Å². The number of primary amides is 1. The number of rotatable bonds is 6. The number of para-hydroxylation sites is 2. The van der Waals surface area contributed by atoms with Crippen LogP contribution in [0.1, 0.15) is 15.9 Å². The molecule has 28 heavy (non-hydrogen) atoms. The molecule has 1 aliphatic rings. The van der Waals surface area contributed by atoms with Crippen LogP contribution in [-0.4, -0.2) is 50.1 Å². The second-order valence-electron chi connectivity index (χ2n) is 6.68. The second kappa shape index (κ2) is 8.52. The number of hydrogen-bond donors (Lipinski definition) is 2. The van der Waals surface area contributed by atoms with Gasteiger partial charge in [0.25, 0.3) is 5.91 Å². The summed E-state index contributed by atoms with van der Waals surface area (Å²) in [6, 6.07) is 13.6. The summed E-state index contributed by atoms with van der Waals surface area (Å²) in [4.78, 5) is 16.0. The number of carbonyl (C=O) groups excluding carboxylic acids is 1. The predicted molar refractivity (Wildman–Crippen MR) is 104 cm³/mol. The first-order valence-corrected chi connectivity index (χ1v) is 9.12. The maximum Gasteiger partial charge on any atom is 0.418 e. The van der Waals surface area contributed by atoms with E-state index in [-0.39, 0.29) is 11.3 Å². The molecule has 150 valence electrons. The molecule has 1 amide bonds. The van der Waals surface area contributed by atoms with Gasteiger partial charge in [-0.25, -0.2) is 0 Å². The smallest absolute Gasteiger partial charge is 0.383 e. The van der Waals surface area contributed by atoms with Crippen molar-refractivity contribution in [2.45, 2.75) is 6.18 Å². The number of carbonyl (C=O) groups is 1. The third-order valence-electron chi connectivity index (χ3n) is 4.86. The van der Waals surface area contributed by atoms with Gasteiger partial charge in [0.1, 0.15) is 0 Å². The average Bonchev–Trinajstić information content (AvgIpc) is 2.68. The minimum atomic E-state index is -4.56. The Morgan fingerprint density at radius 2 is 1.68 bits per heavy atom. The lowest BCUT2D eigenvalue weighted by Gasteiger charge is -2.36. The summed E-state index contributed by atoms with van der Waals surface area (Å²) in [5.74, 6) is -0.884. The Labute approximate surface area is 161 Å². The summed E-state index contributed by atoms with van der Waals surface area (Å²) in [5, 5.41) is 2.78. The summed E-state index contributed by atoms with van der Waals surface area (Å²) in [5.41, 5.74) is 5.15. The van der Waals surface area contributed by atoms with Crippen LogP contribution in [0.4, 0.5) is 24.5 Å². The third kappa shape index (κ3) is 4.75. The van der Waals surface area contributed by atoms with Crippen LogP contribution in [0.15, 0.2) is 48.5 Å². The molecule has 0 aromatic heterocycles. The molecule has 1 heterocycles. The van der Waals surface area contributed by atoms with Crippen molar-refractivity contribution in [3.05, 3.63) is 59.7 Å².